The number of carboxylic acid groups (broad SMARTS) is 1. The van der Waals surface area contributed by atoms with Crippen LogP contribution in [0.5, 0.6) is 5.75 Å². The Kier molecular flexibility index (Phi) is 9.46. The highest BCUT2D eigenvalue weighted by Gasteiger charge is 2.16. The summed E-state index contributed by atoms with van der Waals surface area (Å²) in [5, 5.41) is 23.0. The summed E-state index contributed by atoms with van der Waals surface area (Å²) in [4.78, 5) is 22.4. The lowest BCUT2D eigenvalue weighted by atomic mass is 10.1. The van der Waals surface area contributed by atoms with E-state index in [-0.39, 0.29) is 25.1 Å². The Hall–Kier alpha value is -1.65. The van der Waals surface area contributed by atoms with Gasteiger partial charge >= 0.3 is 5.97 Å². The van der Waals surface area contributed by atoms with Crippen molar-refractivity contribution in [2.75, 3.05) is 19.7 Å². The Morgan fingerprint density at radius 2 is 1.92 bits per heavy atom. The third kappa shape index (κ3) is 7.41. The molecule has 25 heavy (non-hydrogen) atoms. The van der Waals surface area contributed by atoms with Crippen molar-refractivity contribution in [3.8, 4) is 5.75 Å². The van der Waals surface area contributed by atoms with Gasteiger partial charge in [0.05, 0.1) is 22.0 Å². The van der Waals surface area contributed by atoms with Crippen molar-refractivity contribution in [2.45, 2.75) is 19.3 Å². The number of hydrogen-bond acceptors (Lipinski definition) is 6. The first-order valence-corrected chi connectivity index (χ1v) is 8.99. The molecule has 0 aliphatic rings. The summed E-state index contributed by atoms with van der Waals surface area (Å²) in [7, 11) is 0. The van der Waals surface area contributed by atoms with Crippen LogP contribution >= 0.6 is 31.9 Å². The predicted octanol–water partition coefficient (Wildman–Crippen LogP) is 1.90. The van der Waals surface area contributed by atoms with Gasteiger partial charge in [-0.05, 0) is 62.5 Å². The summed E-state index contributed by atoms with van der Waals surface area (Å²) in [6.07, 6.45) is 0.574. The first-order valence-electron chi connectivity index (χ1n) is 7.40. The number of nitrogens with one attached hydrogen (secondary N) is 1. The fourth-order valence-electron chi connectivity index (χ4n) is 1.85. The molecule has 1 aromatic carbocycles. The van der Waals surface area contributed by atoms with E-state index in [0.717, 1.165) is 6.42 Å². The summed E-state index contributed by atoms with van der Waals surface area (Å²) in [5.74, 6) is -1.04. The van der Waals surface area contributed by atoms with Crippen LogP contribution < -0.4 is 15.8 Å². The predicted molar refractivity (Wildman–Crippen MR) is 99.2 cm³/mol. The Labute approximate surface area is 161 Å². The van der Waals surface area contributed by atoms with Gasteiger partial charge in [0.2, 0.25) is 0 Å². The average molecular weight is 481 g/mol. The molecular weight excluding hydrogens is 462 g/mol. The van der Waals surface area contributed by atoms with Crippen LogP contribution in [0, 0.1) is 0 Å². The molecule has 5 N–H and O–H groups in total. The van der Waals surface area contributed by atoms with Gasteiger partial charge in [-0.15, -0.1) is 0 Å². The number of halogens is 2. The van der Waals surface area contributed by atoms with Crippen LogP contribution in [0.1, 0.15) is 18.4 Å². The molecule has 0 aliphatic heterocycles. The number of nitrogens with two attached hydrogens (primary N) is 1. The van der Waals surface area contributed by atoms with E-state index >= 15 is 0 Å². The van der Waals surface area contributed by atoms with Gasteiger partial charge in [-0.1, -0.05) is 5.16 Å². The largest absolute Gasteiger partial charge is 0.491 e. The molecular formula is C15H19Br2N3O5. The highest BCUT2D eigenvalue weighted by Crippen LogP contribution is 2.35. The molecule has 0 spiro atoms. The third-order valence-corrected chi connectivity index (χ3v) is 4.21. The summed E-state index contributed by atoms with van der Waals surface area (Å²) in [5.41, 5.74) is 6.01. The Morgan fingerprint density at radius 3 is 2.44 bits per heavy atom. The van der Waals surface area contributed by atoms with E-state index in [4.69, 9.17) is 20.8 Å². The molecule has 0 saturated carbocycles. The van der Waals surface area contributed by atoms with E-state index in [1.54, 1.807) is 12.1 Å². The van der Waals surface area contributed by atoms with E-state index < -0.39 is 11.9 Å². The molecule has 0 saturated heterocycles. The number of hydrogen-bond donors (Lipinski definition) is 4. The SMILES string of the molecule is NCCCOc1c(Br)cc(C/C(=N\O)C(=O)NCCC(=O)O)cc1Br. The summed E-state index contributed by atoms with van der Waals surface area (Å²) in [6.45, 7) is 0.956. The van der Waals surface area contributed by atoms with Crippen molar-refractivity contribution in [1.82, 2.24) is 5.32 Å². The minimum Gasteiger partial charge on any atom is -0.491 e. The zero-order valence-electron chi connectivity index (χ0n) is 13.3. The van der Waals surface area contributed by atoms with Crippen molar-refractivity contribution < 1.29 is 24.6 Å². The molecule has 0 heterocycles. The lowest BCUT2D eigenvalue weighted by Crippen LogP contribution is -2.33. The van der Waals surface area contributed by atoms with Crippen molar-refractivity contribution in [3.63, 3.8) is 0 Å². The second-order valence-corrected chi connectivity index (χ2v) is 6.71. The van der Waals surface area contributed by atoms with Crippen LogP contribution in [0.2, 0.25) is 0 Å². The van der Waals surface area contributed by atoms with E-state index in [1.165, 1.54) is 0 Å². The molecule has 0 bridgehead atoms. The van der Waals surface area contributed by atoms with E-state index in [2.05, 4.69) is 42.3 Å². The molecule has 0 aromatic heterocycles. The van der Waals surface area contributed by atoms with Crippen LogP contribution in [0.3, 0.4) is 0 Å². The normalized spacial score (nSPS) is 11.2. The number of carbonyl (C=O) groups excluding carboxylic acids is 1. The zero-order valence-corrected chi connectivity index (χ0v) is 16.5. The fourth-order valence-corrected chi connectivity index (χ4v) is 3.36. The quantitative estimate of drug-likeness (QED) is 0.175. The van der Waals surface area contributed by atoms with Gasteiger partial charge in [0.15, 0.2) is 0 Å². The van der Waals surface area contributed by atoms with Crippen LogP contribution in [-0.2, 0) is 16.0 Å². The van der Waals surface area contributed by atoms with Crippen LogP contribution in [0.4, 0.5) is 0 Å². The molecule has 0 atom stereocenters. The van der Waals surface area contributed by atoms with E-state index in [1.807, 2.05) is 0 Å². The lowest BCUT2D eigenvalue weighted by Gasteiger charge is -2.12. The average Bonchev–Trinajstić information content (AvgIpc) is 2.54. The summed E-state index contributed by atoms with van der Waals surface area (Å²) < 4.78 is 6.99. The van der Waals surface area contributed by atoms with Crippen molar-refractivity contribution in [1.29, 1.82) is 0 Å². The molecule has 8 nitrogen and oxygen atoms in total. The fraction of sp³-hybridized carbons (Fsp3) is 0.400. The van der Waals surface area contributed by atoms with Gasteiger partial charge in [-0.2, -0.15) is 0 Å². The summed E-state index contributed by atoms with van der Waals surface area (Å²) in [6, 6.07) is 3.50. The Bertz CT molecular complexity index is 629. The van der Waals surface area contributed by atoms with Gasteiger partial charge in [0.25, 0.3) is 5.91 Å². The number of rotatable bonds is 10. The number of amides is 1. The van der Waals surface area contributed by atoms with Crippen molar-refractivity contribution >= 4 is 49.4 Å². The molecule has 0 fully saturated rings. The highest BCUT2D eigenvalue weighted by molar-refractivity contribution is 9.11. The van der Waals surface area contributed by atoms with Gasteiger partial charge in [-0.25, -0.2) is 0 Å². The van der Waals surface area contributed by atoms with E-state index in [0.29, 0.717) is 33.4 Å². The lowest BCUT2D eigenvalue weighted by molar-refractivity contribution is -0.136. The first kappa shape index (κ1) is 21.4. The monoisotopic (exact) mass is 479 g/mol. The topological polar surface area (TPSA) is 134 Å². The number of oxime groups is 1. The number of ether oxygens (including phenoxy) is 1. The highest BCUT2D eigenvalue weighted by atomic mass is 79.9. The van der Waals surface area contributed by atoms with Gasteiger partial charge in [-0.3, -0.25) is 9.59 Å². The smallest absolute Gasteiger partial charge is 0.305 e. The van der Waals surface area contributed by atoms with Crippen LogP contribution in [0.15, 0.2) is 26.2 Å². The minimum absolute atomic E-state index is 0.0471. The molecule has 0 aliphatic carbocycles. The standard InChI is InChI=1S/C15H19Br2N3O5/c16-10-6-9(7-11(17)14(10)25-5-1-3-18)8-12(20-24)15(23)19-4-2-13(21)22/h6-7,24H,1-5,8,18H2,(H,19,23)(H,21,22)/b20-12+. The zero-order chi connectivity index (χ0) is 18.8. The second-order valence-electron chi connectivity index (χ2n) is 5.00. The van der Waals surface area contributed by atoms with E-state index in [9.17, 15) is 9.59 Å². The Balaban J connectivity index is 2.76. The molecule has 10 heteroatoms. The van der Waals surface area contributed by atoms with Gasteiger partial charge in [0.1, 0.15) is 11.5 Å². The molecule has 1 aromatic rings. The molecule has 1 amide bonds. The first-order chi connectivity index (χ1) is 11.9. The summed E-state index contributed by atoms with van der Waals surface area (Å²) >= 11 is 6.80. The van der Waals surface area contributed by atoms with Crippen LogP contribution in [0.25, 0.3) is 0 Å². The molecule has 138 valence electrons. The number of carbonyl (C=O) groups is 2. The second kappa shape index (κ2) is 11.1. The number of benzene rings is 1. The maximum absolute atomic E-state index is 11.9. The maximum atomic E-state index is 11.9. The van der Waals surface area contributed by atoms with Gasteiger partial charge in [0, 0.05) is 13.0 Å². The molecule has 1 rings (SSSR count). The van der Waals surface area contributed by atoms with Crippen molar-refractivity contribution in [2.24, 2.45) is 10.9 Å². The molecule has 0 unspecified atom stereocenters. The maximum Gasteiger partial charge on any atom is 0.305 e. The number of carboxylic acids is 1. The van der Waals surface area contributed by atoms with Crippen LogP contribution in [-0.4, -0.2) is 47.6 Å². The van der Waals surface area contributed by atoms with Gasteiger partial charge < -0.3 is 26.1 Å². The number of aliphatic carboxylic acids is 1. The Morgan fingerprint density at radius 1 is 1.28 bits per heavy atom. The third-order valence-electron chi connectivity index (χ3n) is 3.03. The van der Waals surface area contributed by atoms with Crippen molar-refractivity contribution in [3.05, 3.63) is 26.6 Å². The molecule has 0 radical (unpaired) electrons. The number of nitrogens with zero attached hydrogens (tertiary/aromatic N) is 1. The minimum atomic E-state index is -1.03.